The highest BCUT2D eigenvalue weighted by Gasteiger charge is 2.21. The minimum Gasteiger partial charge on any atom is -0.439 e. The molecule has 0 aliphatic carbocycles. The molecule has 2 N–H and O–H groups in total. The van der Waals surface area contributed by atoms with Gasteiger partial charge < -0.3 is 20.0 Å². The molecule has 0 bridgehead atoms. The largest absolute Gasteiger partial charge is 0.439 e. The van der Waals surface area contributed by atoms with Crippen LogP contribution in [-0.4, -0.2) is 44.0 Å². The summed E-state index contributed by atoms with van der Waals surface area (Å²) >= 11 is 1.41. The van der Waals surface area contributed by atoms with E-state index in [1.54, 1.807) is 18.2 Å². The molecule has 0 atom stereocenters. The number of carbonyl (C=O) groups excluding carboxylic acids is 1. The third-order valence-electron chi connectivity index (χ3n) is 6.94. The van der Waals surface area contributed by atoms with Crippen LogP contribution in [0.4, 0.5) is 5.88 Å². The van der Waals surface area contributed by atoms with Crippen molar-refractivity contribution in [2.75, 3.05) is 38.1 Å². The van der Waals surface area contributed by atoms with Crippen molar-refractivity contribution in [3.8, 4) is 0 Å². The number of anilines is 1. The van der Waals surface area contributed by atoms with Crippen molar-refractivity contribution >= 4 is 44.6 Å². The quantitative estimate of drug-likeness (QED) is 0.296. The topological polar surface area (TPSA) is 79.8 Å². The Labute approximate surface area is 234 Å². The van der Waals surface area contributed by atoms with E-state index in [-0.39, 0.29) is 5.43 Å². The van der Waals surface area contributed by atoms with E-state index in [9.17, 15) is 9.59 Å². The van der Waals surface area contributed by atoms with E-state index in [0.29, 0.717) is 21.7 Å². The molecule has 6 nitrogen and oxygen atoms in total. The highest BCUT2D eigenvalue weighted by molar-refractivity contribution is 7.17. The van der Waals surface area contributed by atoms with Crippen molar-refractivity contribution in [1.82, 2.24) is 4.90 Å². The summed E-state index contributed by atoms with van der Waals surface area (Å²) in [6.07, 6.45) is 10.8. The number of hydrogen-bond donors (Lipinski definition) is 1. The lowest BCUT2D eigenvalue weighted by molar-refractivity contribution is 0.1000. The van der Waals surface area contributed by atoms with Crippen LogP contribution in [-0.2, 0) is 0 Å². The number of benzene rings is 1. The predicted octanol–water partition coefficient (Wildman–Crippen LogP) is 6.49. The van der Waals surface area contributed by atoms with Gasteiger partial charge >= 0.3 is 0 Å². The zero-order valence-corrected chi connectivity index (χ0v) is 23.9. The van der Waals surface area contributed by atoms with Crippen molar-refractivity contribution in [3.05, 3.63) is 99.1 Å². The molecule has 3 aromatic rings. The molecule has 0 spiro atoms. The maximum absolute atomic E-state index is 13.1. The van der Waals surface area contributed by atoms with Crippen LogP contribution in [0.5, 0.6) is 0 Å². The van der Waals surface area contributed by atoms with Gasteiger partial charge in [-0.3, -0.25) is 9.59 Å². The second-order valence-electron chi connectivity index (χ2n) is 9.73. The Morgan fingerprint density at radius 3 is 2.46 bits per heavy atom. The van der Waals surface area contributed by atoms with E-state index in [1.165, 1.54) is 11.3 Å². The average Bonchev–Trinajstić information content (AvgIpc) is 3.37. The SMILES string of the molecule is C=CC(=C\C(=C/CCC)c1csc2c(=O)cc(N3CCN(C)CC3)oc12)/C(=C\CC)c1ccccc1C(N)=O. The third-order valence-corrected chi connectivity index (χ3v) is 7.92. The van der Waals surface area contributed by atoms with Gasteiger partial charge in [-0.1, -0.05) is 63.3 Å². The second-order valence-corrected chi connectivity index (χ2v) is 10.6. The molecule has 1 saturated heterocycles. The van der Waals surface area contributed by atoms with E-state index in [0.717, 1.165) is 73.3 Å². The highest BCUT2D eigenvalue weighted by Crippen LogP contribution is 2.36. The first kappa shape index (κ1) is 28.3. The molecule has 0 radical (unpaired) electrons. The molecule has 39 heavy (non-hydrogen) atoms. The second kappa shape index (κ2) is 12.9. The van der Waals surface area contributed by atoms with Crippen LogP contribution in [0.1, 0.15) is 54.6 Å². The monoisotopic (exact) mass is 543 g/mol. The van der Waals surface area contributed by atoms with E-state index >= 15 is 0 Å². The maximum atomic E-state index is 13.1. The van der Waals surface area contributed by atoms with Gasteiger partial charge in [0.25, 0.3) is 0 Å². The Hall–Kier alpha value is -3.68. The van der Waals surface area contributed by atoms with Crippen molar-refractivity contribution in [1.29, 1.82) is 0 Å². The minimum atomic E-state index is -0.472. The number of unbranched alkanes of at least 4 members (excludes halogenated alkanes) is 1. The summed E-state index contributed by atoms with van der Waals surface area (Å²) in [5.41, 5.74) is 11.1. The summed E-state index contributed by atoms with van der Waals surface area (Å²) in [5.74, 6) is 0.143. The van der Waals surface area contributed by atoms with Gasteiger partial charge in [-0.2, -0.15) is 0 Å². The number of piperazine rings is 1. The highest BCUT2D eigenvalue weighted by atomic mass is 32.1. The first-order chi connectivity index (χ1) is 18.9. The Bertz CT molecular complexity index is 1500. The fraction of sp³-hybridized carbons (Fsp3) is 0.312. The maximum Gasteiger partial charge on any atom is 0.249 e. The number of amides is 1. The zero-order valence-electron chi connectivity index (χ0n) is 23.0. The number of nitrogens with two attached hydrogens (primary N) is 1. The molecular formula is C32H37N3O3S. The number of rotatable bonds is 10. The number of fused-ring (bicyclic) bond motifs is 1. The van der Waals surface area contributed by atoms with E-state index < -0.39 is 5.91 Å². The van der Waals surface area contributed by atoms with Crippen LogP contribution < -0.4 is 16.1 Å². The van der Waals surface area contributed by atoms with Gasteiger partial charge in [0.1, 0.15) is 4.70 Å². The van der Waals surface area contributed by atoms with Crippen molar-refractivity contribution in [2.24, 2.45) is 5.73 Å². The standard InChI is InChI=1S/C32H37N3O3S/c1-5-8-12-23(19-22(7-3)24(11-6-2)25-13-9-10-14-26(25)32(33)37)27-21-39-31-28(36)20-29(38-30(27)31)35-17-15-34(4)16-18-35/h7,9-14,19-21H,3,5-6,8,15-18H2,1-2,4H3,(H2,33,37)/b22-19+,23-12+,24-11+. The number of allylic oxidation sites excluding steroid dienone is 7. The molecule has 1 amide bonds. The first-order valence-electron chi connectivity index (χ1n) is 13.5. The molecule has 1 aliphatic heterocycles. The van der Waals surface area contributed by atoms with E-state index in [1.807, 2.05) is 23.6 Å². The van der Waals surface area contributed by atoms with E-state index in [4.69, 9.17) is 10.2 Å². The Morgan fingerprint density at radius 2 is 1.82 bits per heavy atom. The van der Waals surface area contributed by atoms with E-state index in [2.05, 4.69) is 55.5 Å². The van der Waals surface area contributed by atoms with Crippen LogP contribution in [0.3, 0.4) is 0 Å². The lowest BCUT2D eigenvalue weighted by Crippen LogP contribution is -2.44. The molecule has 4 rings (SSSR count). The Morgan fingerprint density at radius 1 is 1.10 bits per heavy atom. The molecule has 0 saturated carbocycles. The van der Waals surface area contributed by atoms with Crippen LogP contribution in [0.25, 0.3) is 21.4 Å². The number of primary amides is 1. The van der Waals surface area contributed by atoms with Crippen molar-refractivity contribution in [2.45, 2.75) is 33.1 Å². The lowest BCUT2D eigenvalue weighted by atomic mass is 9.90. The molecular weight excluding hydrogens is 506 g/mol. The fourth-order valence-corrected chi connectivity index (χ4v) is 5.71. The molecule has 7 heteroatoms. The summed E-state index contributed by atoms with van der Waals surface area (Å²) < 4.78 is 7.07. The molecule has 204 valence electrons. The summed E-state index contributed by atoms with van der Waals surface area (Å²) in [6, 6.07) is 9.00. The molecule has 1 aromatic carbocycles. The van der Waals surface area contributed by atoms with Gasteiger partial charge in [0.2, 0.25) is 11.3 Å². The summed E-state index contributed by atoms with van der Waals surface area (Å²) in [5, 5.41) is 2.00. The minimum absolute atomic E-state index is 0.0221. The zero-order chi connectivity index (χ0) is 27.9. The number of nitrogens with zero attached hydrogens (tertiary/aromatic N) is 2. The lowest BCUT2D eigenvalue weighted by Gasteiger charge is -2.32. The van der Waals surface area contributed by atoms with Gasteiger partial charge in [-0.25, -0.2) is 0 Å². The molecule has 3 heterocycles. The summed E-state index contributed by atoms with van der Waals surface area (Å²) in [4.78, 5) is 29.8. The fourth-order valence-electron chi connectivity index (χ4n) is 4.79. The van der Waals surface area contributed by atoms with Gasteiger partial charge in [-0.05, 0) is 54.3 Å². The summed E-state index contributed by atoms with van der Waals surface area (Å²) in [6.45, 7) is 11.8. The number of likely N-dealkylation sites (N-methyl/N-ethyl adjacent to an activating group) is 1. The van der Waals surface area contributed by atoms with Crippen LogP contribution >= 0.6 is 11.3 Å². The smallest absolute Gasteiger partial charge is 0.249 e. The van der Waals surface area contributed by atoms with Crippen molar-refractivity contribution in [3.63, 3.8) is 0 Å². The molecule has 1 fully saturated rings. The summed E-state index contributed by atoms with van der Waals surface area (Å²) in [7, 11) is 2.10. The number of thiophene rings is 1. The number of hydrogen-bond acceptors (Lipinski definition) is 6. The first-order valence-corrected chi connectivity index (χ1v) is 14.4. The number of carbonyl (C=O) groups is 1. The molecule has 0 unspecified atom stereocenters. The normalized spacial score (nSPS) is 15.7. The van der Waals surface area contributed by atoms with Crippen LogP contribution in [0, 0.1) is 0 Å². The van der Waals surface area contributed by atoms with Crippen LogP contribution in [0.2, 0.25) is 0 Å². The van der Waals surface area contributed by atoms with Gasteiger partial charge in [0.05, 0.1) is 0 Å². The third kappa shape index (κ3) is 6.32. The predicted molar refractivity (Wildman–Crippen MR) is 164 cm³/mol. The van der Waals surface area contributed by atoms with Crippen molar-refractivity contribution < 1.29 is 9.21 Å². The molecule has 2 aromatic heterocycles. The Kier molecular flexibility index (Phi) is 9.38. The molecule has 1 aliphatic rings. The average molecular weight is 544 g/mol. The van der Waals surface area contributed by atoms with Gasteiger partial charge in [0, 0.05) is 48.8 Å². The van der Waals surface area contributed by atoms with Crippen LogP contribution in [0.15, 0.2) is 81.4 Å². The Balaban J connectivity index is 1.85. The van der Waals surface area contributed by atoms with Gasteiger partial charge in [0.15, 0.2) is 11.5 Å². The van der Waals surface area contributed by atoms with Gasteiger partial charge in [-0.15, -0.1) is 11.3 Å².